The molecule has 72 valence electrons. The van der Waals surface area contributed by atoms with E-state index in [9.17, 15) is 0 Å². The number of rotatable bonds is 1. The molecule has 1 aliphatic heterocycles. The van der Waals surface area contributed by atoms with E-state index in [1.807, 2.05) is 0 Å². The van der Waals surface area contributed by atoms with Crippen LogP contribution in [0.1, 0.15) is 20.8 Å². The van der Waals surface area contributed by atoms with Gasteiger partial charge in [0.15, 0.2) is 0 Å². The van der Waals surface area contributed by atoms with Gasteiger partial charge in [-0.1, -0.05) is 0 Å². The number of likely N-dealkylation sites (N-methyl/N-ethyl adjacent to an activating group) is 1. The van der Waals surface area contributed by atoms with E-state index in [-0.39, 0.29) is 11.3 Å². The molecule has 0 radical (unpaired) electrons. The summed E-state index contributed by atoms with van der Waals surface area (Å²) in [5.41, 5.74) is -0.194. The van der Waals surface area contributed by atoms with Crippen molar-refractivity contribution in [1.82, 2.24) is 10.2 Å². The van der Waals surface area contributed by atoms with Gasteiger partial charge in [0.2, 0.25) is 0 Å². The molecule has 0 aromatic heterocycles. The zero-order valence-corrected chi connectivity index (χ0v) is 8.77. The zero-order valence-electron chi connectivity index (χ0n) is 8.77. The minimum Gasteiger partial charge on any atom is -0.357 e. The topological polar surface area (TPSA) is 24.5 Å². The molecule has 0 amide bonds. The average molecular weight is 172 g/mol. The quantitative estimate of drug-likeness (QED) is 0.629. The van der Waals surface area contributed by atoms with Crippen molar-refractivity contribution in [3.63, 3.8) is 0 Å². The normalized spacial score (nSPS) is 35.5. The van der Waals surface area contributed by atoms with Crippen LogP contribution in [0.2, 0.25) is 0 Å². The third kappa shape index (κ3) is 1.37. The molecule has 0 spiro atoms. The molecule has 1 N–H and O–H groups in total. The van der Waals surface area contributed by atoms with Crippen LogP contribution in [0.25, 0.3) is 0 Å². The highest BCUT2D eigenvalue weighted by Gasteiger charge is 2.45. The van der Waals surface area contributed by atoms with Gasteiger partial charge in [-0.3, -0.25) is 4.90 Å². The molecule has 1 fully saturated rings. The summed E-state index contributed by atoms with van der Waals surface area (Å²) < 4.78 is 5.81. The van der Waals surface area contributed by atoms with Gasteiger partial charge in [-0.05, 0) is 34.9 Å². The Morgan fingerprint density at radius 2 is 1.83 bits per heavy atom. The monoisotopic (exact) mass is 172 g/mol. The van der Waals surface area contributed by atoms with Crippen LogP contribution in [0.15, 0.2) is 0 Å². The standard InChI is InChI=1S/C9H20N2O/c1-8(2)9(3,11(4)5)12-7-6-10-8/h10H,6-7H2,1-5H3. The van der Waals surface area contributed by atoms with Gasteiger partial charge in [0.05, 0.1) is 12.1 Å². The highest BCUT2D eigenvalue weighted by atomic mass is 16.5. The smallest absolute Gasteiger partial charge is 0.136 e. The minimum atomic E-state index is -0.203. The van der Waals surface area contributed by atoms with E-state index >= 15 is 0 Å². The minimum absolute atomic E-state index is 0.00868. The van der Waals surface area contributed by atoms with Crippen molar-refractivity contribution in [3.05, 3.63) is 0 Å². The molecule has 1 heterocycles. The molecular weight excluding hydrogens is 152 g/mol. The Balaban J connectivity index is 2.84. The SMILES string of the molecule is CN(C)C1(C)OCCNC1(C)C. The van der Waals surface area contributed by atoms with Gasteiger partial charge < -0.3 is 10.1 Å². The van der Waals surface area contributed by atoms with Crippen LogP contribution in [0.3, 0.4) is 0 Å². The van der Waals surface area contributed by atoms with Crippen molar-refractivity contribution in [2.24, 2.45) is 0 Å². The Bertz CT molecular complexity index is 168. The third-order valence-electron chi connectivity index (χ3n) is 3.07. The maximum absolute atomic E-state index is 5.81. The summed E-state index contributed by atoms with van der Waals surface area (Å²) in [5, 5.41) is 3.46. The van der Waals surface area contributed by atoms with Crippen molar-refractivity contribution in [3.8, 4) is 0 Å². The molecule has 0 aliphatic carbocycles. The first-order valence-corrected chi connectivity index (χ1v) is 4.46. The van der Waals surface area contributed by atoms with Crippen LogP contribution in [0, 0.1) is 0 Å². The van der Waals surface area contributed by atoms with E-state index in [1.54, 1.807) is 0 Å². The Morgan fingerprint density at radius 1 is 1.25 bits per heavy atom. The van der Waals surface area contributed by atoms with Crippen LogP contribution in [-0.4, -0.2) is 43.4 Å². The van der Waals surface area contributed by atoms with E-state index in [1.165, 1.54) is 0 Å². The fourth-order valence-corrected chi connectivity index (χ4v) is 1.65. The summed E-state index contributed by atoms with van der Waals surface area (Å²) >= 11 is 0. The summed E-state index contributed by atoms with van der Waals surface area (Å²) in [6.07, 6.45) is 0. The molecule has 1 atom stereocenters. The largest absolute Gasteiger partial charge is 0.357 e. The van der Waals surface area contributed by atoms with Crippen molar-refractivity contribution >= 4 is 0 Å². The molecule has 3 nitrogen and oxygen atoms in total. The molecule has 1 unspecified atom stereocenters. The lowest BCUT2D eigenvalue weighted by atomic mass is 9.89. The number of hydrogen-bond acceptors (Lipinski definition) is 3. The third-order valence-corrected chi connectivity index (χ3v) is 3.07. The van der Waals surface area contributed by atoms with Crippen LogP contribution in [-0.2, 0) is 4.74 Å². The molecular formula is C9H20N2O. The van der Waals surface area contributed by atoms with Gasteiger partial charge in [-0.2, -0.15) is 0 Å². The summed E-state index contributed by atoms with van der Waals surface area (Å²) in [6, 6.07) is 0. The maximum Gasteiger partial charge on any atom is 0.136 e. The molecule has 1 aliphatic rings. The van der Waals surface area contributed by atoms with Gasteiger partial charge in [0, 0.05) is 6.54 Å². The molecule has 3 heteroatoms. The fourth-order valence-electron chi connectivity index (χ4n) is 1.65. The fraction of sp³-hybridized carbons (Fsp3) is 1.00. The molecule has 1 rings (SSSR count). The number of nitrogens with one attached hydrogen (secondary N) is 1. The molecule has 1 saturated heterocycles. The number of ether oxygens (including phenoxy) is 1. The molecule has 0 saturated carbocycles. The van der Waals surface area contributed by atoms with Crippen LogP contribution >= 0.6 is 0 Å². The number of hydrogen-bond donors (Lipinski definition) is 1. The number of nitrogens with zero attached hydrogens (tertiary/aromatic N) is 1. The molecule has 0 bridgehead atoms. The summed E-state index contributed by atoms with van der Waals surface area (Å²) in [4.78, 5) is 2.12. The molecule has 0 aromatic carbocycles. The molecule has 0 aromatic rings. The highest BCUT2D eigenvalue weighted by molar-refractivity contribution is 4.98. The van der Waals surface area contributed by atoms with Crippen LogP contribution in [0.4, 0.5) is 0 Å². The first kappa shape index (κ1) is 9.96. The lowest BCUT2D eigenvalue weighted by Gasteiger charge is -2.51. The maximum atomic E-state index is 5.81. The van der Waals surface area contributed by atoms with E-state index in [0.717, 1.165) is 13.2 Å². The zero-order chi connectivity index (χ0) is 9.41. The van der Waals surface area contributed by atoms with Crippen molar-refractivity contribution in [1.29, 1.82) is 0 Å². The van der Waals surface area contributed by atoms with Crippen LogP contribution < -0.4 is 5.32 Å². The first-order chi connectivity index (χ1) is 5.40. The van der Waals surface area contributed by atoms with Crippen molar-refractivity contribution < 1.29 is 4.74 Å². The lowest BCUT2D eigenvalue weighted by molar-refractivity contribution is -0.193. The Labute approximate surface area is 75.1 Å². The van der Waals surface area contributed by atoms with Gasteiger partial charge in [-0.25, -0.2) is 0 Å². The Kier molecular flexibility index (Phi) is 2.47. The molecule has 12 heavy (non-hydrogen) atoms. The second kappa shape index (κ2) is 2.98. The van der Waals surface area contributed by atoms with E-state index in [4.69, 9.17) is 4.74 Å². The van der Waals surface area contributed by atoms with E-state index < -0.39 is 0 Å². The number of morpholine rings is 1. The van der Waals surface area contributed by atoms with Gasteiger partial charge in [0.1, 0.15) is 5.72 Å². The predicted octanol–water partition coefficient (Wildman–Crippen LogP) is 0.663. The second-order valence-electron chi connectivity index (χ2n) is 4.28. The first-order valence-electron chi connectivity index (χ1n) is 4.46. The van der Waals surface area contributed by atoms with Crippen LogP contribution in [0.5, 0.6) is 0 Å². The predicted molar refractivity (Wildman–Crippen MR) is 50.1 cm³/mol. The van der Waals surface area contributed by atoms with Gasteiger partial charge in [-0.15, -0.1) is 0 Å². The Morgan fingerprint density at radius 3 is 2.17 bits per heavy atom. The highest BCUT2D eigenvalue weighted by Crippen LogP contribution is 2.29. The summed E-state index contributed by atoms with van der Waals surface area (Å²) in [6.45, 7) is 8.20. The van der Waals surface area contributed by atoms with Crippen molar-refractivity contribution in [2.75, 3.05) is 27.2 Å². The van der Waals surface area contributed by atoms with Gasteiger partial charge in [0.25, 0.3) is 0 Å². The average Bonchev–Trinajstić information content (AvgIpc) is 1.95. The Hall–Kier alpha value is -0.120. The summed E-state index contributed by atoms with van der Waals surface area (Å²) in [5.74, 6) is 0. The van der Waals surface area contributed by atoms with E-state index in [0.29, 0.717) is 0 Å². The van der Waals surface area contributed by atoms with E-state index in [2.05, 4.69) is 45.1 Å². The second-order valence-corrected chi connectivity index (χ2v) is 4.28. The van der Waals surface area contributed by atoms with Crippen molar-refractivity contribution in [2.45, 2.75) is 32.0 Å². The van der Waals surface area contributed by atoms with Gasteiger partial charge >= 0.3 is 0 Å². The summed E-state index contributed by atoms with van der Waals surface area (Å²) in [7, 11) is 4.10. The lowest BCUT2D eigenvalue weighted by Crippen LogP contribution is -2.69.